The molecule has 9 rings (SSSR count). The molecule has 9 aromatic rings. The minimum Gasteiger partial charge on any atom is -0.316 e. The number of aromatic nitrogens is 5. The Kier molecular flexibility index (Phi) is 5.43. The summed E-state index contributed by atoms with van der Waals surface area (Å²) in [4.78, 5) is 15.2. The lowest BCUT2D eigenvalue weighted by Gasteiger charge is -2.11. The van der Waals surface area contributed by atoms with Gasteiger partial charge < -0.3 is 4.57 Å². The molecule has 0 amide bonds. The van der Waals surface area contributed by atoms with E-state index in [4.69, 9.17) is 15.0 Å². The van der Waals surface area contributed by atoms with E-state index in [9.17, 15) is 0 Å². The summed E-state index contributed by atoms with van der Waals surface area (Å²) in [5, 5.41) is 5.94. The van der Waals surface area contributed by atoms with Crippen LogP contribution in [0.5, 0.6) is 0 Å². The second-order valence-electron chi connectivity index (χ2n) is 11.0. The second kappa shape index (κ2) is 9.75. The zero-order valence-electron chi connectivity index (χ0n) is 23.7. The largest absolute Gasteiger partial charge is 0.316 e. The summed E-state index contributed by atoms with van der Waals surface area (Å²) in [5.74, 6) is 1.86. The quantitative estimate of drug-likeness (QED) is 0.214. The summed E-state index contributed by atoms with van der Waals surface area (Å²) in [6.45, 7) is 0. The SMILES string of the molecule is c1ccc(-c2nc(-c3ccccc3)nc(-n3c4cc5c(ccn5-c5ccccc5)cc4c4c5ccccc5ccc43)n2)cc1. The first kappa shape index (κ1) is 24.5. The van der Waals surface area contributed by atoms with Gasteiger partial charge in [-0.25, -0.2) is 4.98 Å². The van der Waals surface area contributed by atoms with Gasteiger partial charge in [0.15, 0.2) is 11.6 Å². The highest BCUT2D eigenvalue weighted by Crippen LogP contribution is 2.39. The number of benzene rings is 6. The molecule has 0 aliphatic carbocycles. The average Bonchev–Trinajstić information content (AvgIpc) is 3.67. The van der Waals surface area contributed by atoms with Crippen LogP contribution >= 0.6 is 0 Å². The molecule has 3 aromatic heterocycles. The Labute approximate surface area is 253 Å². The number of fused-ring (bicyclic) bond motifs is 6. The van der Waals surface area contributed by atoms with Crippen LogP contribution in [0.2, 0.25) is 0 Å². The summed E-state index contributed by atoms with van der Waals surface area (Å²) in [6, 6.07) is 50.5. The van der Waals surface area contributed by atoms with E-state index >= 15 is 0 Å². The summed E-state index contributed by atoms with van der Waals surface area (Å²) in [6.07, 6.45) is 2.15. The van der Waals surface area contributed by atoms with E-state index in [1.165, 1.54) is 21.5 Å². The van der Waals surface area contributed by atoms with Gasteiger partial charge >= 0.3 is 0 Å². The second-order valence-corrected chi connectivity index (χ2v) is 11.0. The topological polar surface area (TPSA) is 48.5 Å². The molecule has 0 spiro atoms. The van der Waals surface area contributed by atoms with Gasteiger partial charge in [0.1, 0.15) is 0 Å². The van der Waals surface area contributed by atoms with Crippen LogP contribution in [-0.4, -0.2) is 24.1 Å². The maximum absolute atomic E-state index is 5.13. The van der Waals surface area contributed by atoms with E-state index in [0.29, 0.717) is 17.6 Å². The van der Waals surface area contributed by atoms with Gasteiger partial charge in [0.25, 0.3) is 0 Å². The number of hydrogen-bond donors (Lipinski definition) is 0. The van der Waals surface area contributed by atoms with E-state index in [2.05, 4.69) is 94.2 Å². The van der Waals surface area contributed by atoms with Crippen LogP contribution in [0, 0.1) is 0 Å². The van der Waals surface area contributed by atoms with Crippen molar-refractivity contribution >= 4 is 43.5 Å². The number of rotatable bonds is 4. The van der Waals surface area contributed by atoms with Gasteiger partial charge in [-0.2, -0.15) is 9.97 Å². The summed E-state index contributed by atoms with van der Waals surface area (Å²) < 4.78 is 4.45. The normalized spacial score (nSPS) is 11.6. The molecule has 0 aliphatic heterocycles. The van der Waals surface area contributed by atoms with Gasteiger partial charge in [-0.1, -0.05) is 109 Å². The van der Waals surface area contributed by atoms with Crippen LogP contribution in [0.25, 0.3) is 77.9 Å². The zero-order valence-corrected chi connectivity index (χ0v) is 23.7. The molecule has 0 N–H and O–H groups in total. The van der Waals surface area contributed by atoms with Crippen molar-refractivity contribution in [1.29, 1.82) is 0 Å². The fraction of sp³-hybridized carbons (Fsp3) is 0. The molecule has 44 heavy (non-hydrogen) atoms. The third kappa shape index (κ3) is 3.83. The highest BCUT2D eigenvalue weighted by atomic mass is 15.2. The van der Waals surface area contributed by atoms with Crippen molar-refractivity contribution in [3.05, 3.63) is 152 Å². The van der Waals surface area contributed by atoms with Crippen LogP contribution in [0.15, 0.2) is 152 Å². The van der Waals surface area contributed by atoms with Gasteiger partial charge in [0.05, 0.1) is 16.6 Å². The Balaban J connectivity index is 1.42. The Morgan fingerprint density at radius 1 is 0.432 bits per heavy atom. The van der Waals surface area contributed by atoms with Gasteiger partial charge in [0, 0.05) is 39.2 Å². The van der Waals surface area contributed by atoms with Crippen molar-refractivity contribution in [3.63, 3.8) is 0 Å². The Morgan fingerprint density at radius 3 is 1.77 bits per heavy atom. The van der Waals surface area contributed by atoms with Crippen molar-refractivity contribution in [2.24, 2.45) is 0 Å². The van der Waals surface area contributed by atoms with Gasteiger partial charge in [-0.3, -0.25) is 4.57 Å². The highest BCUT2D eigenvalue weighted by Gasteiger charge is 2.20. The summed E-state index contributed by atoms with van der Waals surface area (Å²) in [7, 11) is 0. The van der Waals surface area contributed by atoms with Crippen LogP contribution < -0.4 is 0 Å². The molecule has 0 fully saturated rings. The fourth-order valence-corrected chi connectivity index (χ4v) is 6.34. The summed E-state index contributed by atoms with van der Waals surface area (Å²) >= 11 is 0. The molecular weight excluding hydrogens is 538 g/mol. The molecule has 0 aliphatic rings. The molecule has 0 atom stereocenters. The average molecular weight is 564 g/mol. The minimum absolute atomic E-state index is 0.588. The first-order chi connectivity index (χ1) is 21.8. The molecule has 3 heterocycles. The molecule has 0 saturated carbocycles. The number of hydrogen-bond acceptors (Lipinski definition) is 3. The van der Waals surface area contributed by atoms with E-state index < -0.39 is 0 Å². The molecule has 0 unspecified atom stereocenters. The molecule has 0 saturated heterocycles. The highest BCUT2D eigenvalue weighted by molar-refractivity contribution is 6.23. The Morgan fingerprint density at radius 2 is 1.07 bits per heavy atom. The monoisotopic (exact) mass is 563 g/mol. The molecular formula is C39H25N5. The van der Waals surface area contributed by atoms with Crippen molar-refractivity contribution in [3.8, 4) is 34.4 Å². The van der Waals surface area contributed by atoms with E-state index in [0.717, 1.165) is 38.8 Å². The molecule has 0 bridgehead atoms. The molecule has 5 heteroatoms. The van der Waals surface area contributed by atoms with E-state index in [1.807, 2.05) is 66.7 Å². The first-order valence-corrected chi connectivity index (χ1v) is 14.7. The third-order valence-electron chi connectivity index (χ3n) is 8.39. The molecule has 206 valence electrons. The predicted octanol–water partition coefficient (Wildman–Crippen LogP) is 9.40. The van der Waals surface area contributed by atoms with Crippen LogP contribution in [0.1, 0.15) is 0 Å². The van der Waals surface area contributed by atoms with Crippen LogP contribution in [0.4, 0.5) is 0 Å². The van der Waals surface area contributed by atoms with Crippen molar-refractivity contribution in [2.45, 2.75) is 0 Å². The van der Waals surface area contributed by atoms with Gasteiger partial charge in [-0.05, 0) is 47.2 Å². The molecule has 6 aromatic carbocycles. The lowest BCUT2D eigenvalue weighted by molar-refractivity contribution is 0.953. The summed E-state index contributed by atoms with van der Waals surface area (Å²) in [5.41, 5.74) is 6.23. The lowest BCUT2D eigenvalue weighted by atomic mass is 10.0. The molecule has 5 nitrogen and oxygen atoms in total. The number of para-hydroxylation sites is 1. The van der Waals surface area contributed by atoms with Crippen molar-refractivity contribution < 1.29 is 0 Å². The lowest BCUT2D eigenvalue weighted by Crippen LogP contribution is -2.06. The maximum Gasteiger partial charge on any atom is 0.238 e. The Bertz CT molecular complexity index is 2420. The predicted molar refractivity (Wildman–Crippen MR) is 179 cm³/mol. The van der Waals surface area contributed by atoms with E-state index in [1.54, 1.807) is 0 Å². The third-order valence-corrected chi connectivity index (χ3v) is 8.39. The van der Waals surface area contributed by atoms with Crippen molar-refractivity contribution in [1.82, 2.24) is 24.1 Å². The minimum atomic E-state index is 0.588. The first-order valence-electron chi connectivity index (χ1n) is 14.7. The standard InChI is InChI=1S/C39H25N5/c1-4-13-27(14-5-1)37-40-38(28-15-6-2-7-16-28)42-39(41-37)44-33-21-20-26-12-10-11-19-31(26)36(33)32-24-29-22-23-43(34(29)25-35(32)44)30-17-8-3-9-18-30/h1-25H. The van der Waals surface area contributed by atoms with E-state index in [-0.39, 0.29) is 0 Å². The van der Waals surface area contributed by atoms with Gasteiger partial charge in [0.2, 0.25) is 5.95 Å². The fourth-order valence-electron chi connectivity index (χ4n) is 6.34. The van der Waals surface area contributed by atoms with Gasteiger partial charge in [-0.15, -0.1) is 0 Å². The molecule has 0 radical (unpaired) electrons. The van der Waals surface area contributed by atoms with Crippen LogP contribution in [0.3, 0.4) is 0 Å². The smallest absolute Gasteiger partial charge is 0.238 e. The zero-order chi connectivity index (χ0) is 29.0. The van der Waals surface area contributed by atoms with Crippen LogP contribution in [-0.2, 0) is 0 Å². The maximum atomic E-state index is 5.13. The van der Waals surface area contributed by atoms with Crippen molar-refractivity contribution in [2.75, 3.05) is 0 Å². The Hall–Kier alpha value is -6.07. The number of nitrogens with zero attached hydrogens (tertiary/aromatic N) is 5.